The number of nitriles is 1. The fraction of sp³-hybridized carbons (Fsp3) is 0.240. The maximum absolute atomic E-state index is 14.8. The van der Waals surface area contributed by atoms with Crippen LogP contribution in [0, 0.1) is 22.6 Å². The number of aromatic hydroxyl groups is 1. The second-order valence-corrected chi connectivity index (χ2v) is 8.99. The van der Waals surface area contributed by atoms with Crippen molar-refractivity contribution in [1.82, 2.24) is 10.4 Å². The number of amides is 1. The third-order valence-corrected chi connectivity index (χ3v) is 5.94. The number of nitrogens with zero attached hydrogens (tertiary/aromatic N) is 2. The van der Waals surface area contributed by atoms with Gasteiger partial charge in [-0.2, -0.15) is 5.26 Å². The first kappa shape index (κ1) is 22.1. The molecule has 0 saturated heterocycles. The number of ketones is 1. The highest BCUT2D eigenvalue weighted by atomic mass is 19.1. The number of Topliss-reactive ketones (excluding diaryl/α,β-unsaturated/α-hetero) is 1. The van der Waals surface area contributed by atoms with Crippen molar-refractivity contribution in [2.75, 3.05) is 0 Å². The summed E-state index contributed by atoms with van der Waals surface area (Å²) in [5, 5.41) is 20.7. The van der Waals surface area contributed by atoms with E-state index >= 15 is 0 Å². The zero-order valence-corrected chi connectivity index (χ0v) is 18.2. The first-order valence-electron chi connectivity index (χ1n) is 10.4. The molecule has 2 aromatic rings. The molecule has 4 N–H and O–H groups in total. The van der Waals surface area contributed by atoms with Crippen LogP contribution in [0.1, 0.15) is 48.5 Å². The van der Waals surface area contributed by atoms with Gasteiger partial charge in [-0.25, -0.2) is 9.40 Å². The molecular formula is C25H23FN4O3. The van der Waals surface area contributed by atoms with E-state index in [1.165, 1.54) is 47.5 Å². The van der Waals surface area contributed by atoms with Gasteiger partial charge in [0.15, 0.2) is 5.78 Å². The molecule has 8 heteroatoms. The molecule has 2 aromatic carbocycles. The highest BCUT2D eigenvalue weighted by Crippen LogP contribution is 2.48. The number of hydrogen-bond donors (Lipinski definition) is 3. The number of rotatable bonds is 3. The van der Waals surface area contributed by atoms with E-state index < -0.39 is 23.1 Å². The Bertz CT molecular complexity index is 1260. The van der Waals surface area contributed by atoms with Gasteiger partial charge < -0.3 is 10.8 Å². The number of carbonyl (C=O) groups excluding carboxylic acids is 2. The van der Waals surface area contributed by atoms with E-state index in [4.69, 9.17) is 5.73 Å². The Labute approximate surface area is 190 Å². The van der Waals surface area contributed by atoms with Crippen molar-refractivity contribution in [2.24, 2.45) is 11.1 Å². The molecule has 1 heterocycles. The standard InChI is InChI=1S/C25H23FN4O3/c1-25(2)11-19-22(20(32)12-25)21(16-5-3-4-6-18(16)26)17(13-27)23(28)30(19)29-24(33)14-7-9-15(31)10-8-14/h3-10,21,31H,11-12,28H2,1-2H3,(H,29,33). The highest BCUT2D eigenvalue weighted by Gasteiger charge is 2.45. The third-order valence-electron chi connectivity index (χ3n) is 5.94. The van der Waals surface area contributed by atoms with Gasteiger partial charge in [0.05, 0.1) is 23.3 Å². The van der Waals surface area contributed by atoms with E-state index in [0.29, 0.717) is 12.1 Å². The summed E-state index contributed by atoms with van der Waals surface area (Å²) in [6.07, 6.45) is 0.601. The van der Waals surface area contributed by atoms with E-state index in [9.17, 15) is 24.3 Å². The maximum atomic E-state index is 14.8. The summed E-state index contributed by atoms with van der Waals surface area (Å²) in [6.45, 7) is 3.85. The lowest BCUT2D eigenvalue weighted by molar-refractivity contribution is -0.118. The van der Waals surface area contributed by atoms with Crippen LogP contribution in [0.2, 0.25) is 0 Å². The zero-order valence-electron chi connectivity index (χ0n) is 18.2. The summed E-state index contributed by atoms with van der Waals surface area (Å²) in [6, 6.07) is 13.6. The molecule has 168 valence electrons. The quantitative estimate of drug-likeness (QED) is 0.663. The molecule has 0 spiro atoms. The van der Waals surface area contributed by atoms with Crippen molar-refractivity contribution < 1.29 is 19.1 Å². The smallest absolute Gasteiger partial charge is 0.270 e. The van der Waals surface area contributed by atoms with Crippen molar-refractivity contribution in [2.45, 2.75) is 32.6 Å². The van der Waals surface area contributed by atoms with Crippen molar-refractivity contribution >= 4 is 11.7 Å². The summed E-state index contributed by atoms with van der Waals surface area (Å²) in [7, 11) is 0. The topological polar surface area (TPSA) is 119 Å². The lowest BCUT2D eigenvalue weighted by atomic mass is 9.69. The summed E-state index contributed by atoms with van der Waals surface area (Å²) in [5.74, 6) is -2.33. The Morgan fingerprint density at radius 1 is 1.21 bits per heavy atom. The first-order chi connectivity index (χ1) is 15.6. The molecule has 4 rings (SSSR count). The molecule has 33 heavy (non-hydrogen) atoms. The van der Waals surface area contributed by atoms with Crippen LogP contribution in [0.25, 0.3) is 0 Å². The van der Waals surface area contributed by atoms with Crippen LogP contribution in [0.5, 0.6) is 5.75 Å². The van der Waals surface area contributed by atoms with Gasteiger partial charge in [-0.3, -0.25) is 15.0 Å². The number of hydrazine groups is 1. The molecule has 1 unspecified atom stereocenters. The number of allylic oxidation sites excluding steroid dienone is 3. The predicted octanol–water partition coefficient (Wildman–Crippen LogP) is 3.61. The number of halogens is 1. The van der Waals surface area contributed by atoms with Gasteiger partial charge >= 0.3 is 0 Å². The molecule has 1 amide bonds. The van der Waals surface area contributed by atoms with Crippen LogP contribution in [-0.4, -0.2) is 21.8 Å². The summed E-state index contributed by atoms with van der Waals surface area (Å²) >= 11 is 0. The monoisotopic (exact) mass is 446 g/mol. The Kier molecular flexibility index (Phi) is 5.42. The predicted molar refractivity (Wildman–Crippen MR) is 118 cm³/mol. The van der Waals surface area contributed by atoms with Crippen LogP contribution >= 0.6 is 0 Å². The van der Waals surface area contributed by atoms with Crippen molar-refractivity contribution in [1.29, 1.82) is 5.26 Å². The fourth-order valence-electron chi connectivity index (χ4n) is 4.44. The number of nitrogens with one attached hydrogen (secondary N) is 1. The molecule has 0 saturated carbocycles. The molecule has 1 atom stereocenters. The SMILES string of the molecule is CC1(C)CC(=O)C2=C(C1)N(NC(=O)c1ccc(O)cc1)C(N)=C(C#N)C2c1ccccc1F. The van der Waals surface area contributed by atoms with Gasteiger partial charge in [0.1, 0.15) is 17.4 Å². The van der Waals surface area contributed by atoms with Gasteiger partial charge in [0, 0.05) is 23.1 Å². The van der Waals surface area contributed by atoms with E-state index in [0.717, 1.165) is 0 Å². The maximum Gasteiger partial charge on any atom is 0.270 e. The Balaban J connectivity index is 1.87. The van der Waals surface area contributed by atoms with Gasteiger partial charge in [-0.05, 0) is 42.2 Å². The van der Waals surface area contributed by atoms with Crippen LogP contribution < -0.4 is 11.2 Å². The normalized spacial score (nSPS) is 19.8. The van der Waals surface area contributed by atoms with Crippen LogP contribution in [-0.2, 0) is 4.79 Å². The third kappa shape index (κ3) is 3.94. The van der Waals surface area contributed by atoms with E-state index in [1.807, 2.05) is 19.9 Å². The van der Waals surface area contributed by atoms with Crippen molar-refractivity contribution in [3.8, 4) is 11.8 Å². The van der Waals surface area contributed by atoms with Crippen LogP contribution in [0.15, 0.2) is 71.2 Å². The fourth-order valence-corrected chi connectivity index (χ4v) is 4.44. The second kappa shape index (κ2) is 8.10. The summed E-state index contributed by atoms with van der Waals surface area (Å²) in [5.41, 5.74) is 9.74. The number of benzene rings is 2. The molecule has 0 bridgehead atoms. The Hall–Kier alpha value is -4.12. The molecule has 2 aliphatic rings. The highest BCUT2D eigenvalue weighted by molar-refractivity contribution is 6.01. The van der Waals surface area contributed by atoms with Gasteiger partial charge in [0.2, 0.25) is 0 Å². The van der Waals surface area contributed by atoms with Crippen molar-refractivity contribution in [3.05, 3.63) is 88.1 Å². The number of hydrogen-bond acceptors (Lipinski definition) is 6. The number of carbonyl (C=O) groups is 2. The molecule has 1 aliphatic heterocycles. The van der Waals surface area contributed by atoms with E-state index in [2.05, 4.69) is 5.43 Å². The number of nitrogens with two attached hydrogens (primary N) is 1. The molecule has 0 fully saturated rings. The number of phenols is 1. The minimum absolute atomic E-state index is 0.00745. The summed E-state index contributed by atoms with van der Waals surface area (Å²) in [4.78, 5) is 26.3. The molecule has 1 aliphatic carbocycles. The number of phenolic OH excluding ortho intramolecular Hbond substituents is 1. The molecule has 7 nitrogen and oxygen atoms in total. The minimum atomic E-state index is -0.961. The lowest BCUT2D eigenvalue weighted by Crippen LogP contribution is -2.49. The minimum Gasteiger partial charge on any atom is -0.508 e. The second-order valence-electron chi connectivity index (χ2n) is 8.99. The zero-order chi connectivity index (χ0) is 23.9. The lowest BCUT2D eigenvalue weighted by Gasteiger charge is -2.43. The molecule has 0 radical (unpaired) electrons. The largest absolute Gasteiger partial charge is 0.508 e. The van der Waals surface area contributed by atoms with Gasteiger partial charge in [0.25, 0.3) is 5.91 Å². The van der Waals surface area contributed by atoms with Crippen LogP contribution in [0.4, 0.5) is 4.39 Å². The summed E-state index contributed by atoms with van der Waals surface area (Å²) < 4.78 is 14.8. The Morgan fingerprint density at radius 2 is 1.88 bits per heavy atom. The van der Waals surface area contributed by atoms with Crippen LogP contribution in [0.3, 0.4) is 0 Å². The van der Waals surface area contributed by atoms with Gasteiger partial charge in [-0.1, -0.05) is 32.0 Å². The van der Waals surface area contributed by atoms with Crippen molar-refractivity contribution in [3.63, 3.8) is 0 Å². The first-order valence-corrected chi connectivity index (χ1v) is 10.4. The van der Waals surface area contributed by atoms with E-state index in [-0.39, 0.29) is 46.0 Å². The molecular weight excluding hydrogens is 423 g/mol. The average molecular weight is 446 g/mol. The van der Waals surface area contributed by atoms with E-state index in [1.54, 1.807) is 6.07 Å². The average Bonchev–Trinajstić information content (AvgIpc) is 2.75. The molecule has 0 aromatic heterocycles. The van der Waals surface area contributed by atoms with Gasteiger partial charge in [-0.15, -0.1) is 0 Å². The Morgan fingerprint density at radius 3 is 2.52 bits per heavy atom.